The summed E-state index contributed by atoms with van der Waals surface area (Å²) in [6, 6.07) is 15.1. The van der Waals surface area contributed by atoms with E-state index in [0.717, 1.165) is 11.4 Å². The van der Waals surface area contributed by atoms with Gasteiger partial charge < -0.3 is 0 Å². The van der Waals surface area contributed by atoms with Crippen molar-refractivity contribution in [2.45, 2.75) is 30.5 Å². The average Bonchev–Trinajstić information content (AvgIpc) is 2.88. The Morgan fingerprint density at radius 2 is 1.74 bits per heavy atom. The zero-order valence-corrected chi connectivity index (χ0v) is 13.0. The van der Waals surface area contributed by atoms with E-state index >= 15 is 0 Å². The highest BCUT2D eigenvalue weighted by molar-refractivity contribution is 9.09. The van der Waals surface area contributed by atoms with Crippen LogP contribution in [0.5, 0.6) is 0 Å². The van der Waals surface area contributed by atoms with Gasteiger partial charge in [0.25, 0.3) is 0 Å². The van der Waals surface area contributed by atoms with Crippen LogP contribution in [0.3, 0.4) is 0 Å². The molecule has 0 spiro atoms. The van der Waals surface area contributed by atoms with Gasteiger partial charge in [-0.3, -0.25) is 0 Å². The number of benzene rings is 2. The third-order valence-corrected chi connectivity index (χ3v) is 4.92. The maximum Gasteiger partial charge on any atom is 0.0435 e. The van der Waals surface area contributed by atoms with Gasteiger partial charge >= 0.3 is 0 Å². The van der Waals surface area contributed by atoms with Gasteiger partial charge in [-0.05, 0) is 60.1 Å². The fourth-order valence-electron chi connectivity index (χ4n) is 2.73. The van der Waals surface area contributed by atoms with E-state index in [0.29, 0.717) is 4.83 Å². The standard InChI is InChI=1S/C17H16BrCl/c18-17(10-12-4-8-16(19)9-5-12)15-7-6-13-2-1-3-14(13)11-15/h4-9,11,17H,1-3,10H2. The SMILES string of the molecule is Clc1ccc(CC(Br)c2ccc3c(c2)CCC3)cc1. The lowest BCUT2D eigenvalue weighted by Crippen LogP contribution is -1.97. The highest BCUT2D eigenvalue weighted by Crippen LogP contribution is 2.31. The highest BCUT2D eigenvalue weighted by Gasteiger charge is 2.14. The molecule has 0 N–H and O–H groups in total. The highest BCUT2D eigenvalue weighted by atomic mass is 79.9. The Labute approximate surface area is 127 Å². The van der Waals surface area contributed by atoms with Gasteiger partial charge in [-0.2, -0.15) is 0 Å². The first-order chi connectivity index (χ1) is 9.22. The van der Waals surface area contributed by atoms with E-state index in [2.05, 4.69) is 46.3 Å². The lowest BCUT2D eigenvalue weighted by atomic mass is 10.0. The molecule has 2 heteroatoms. The average molecular weight is 336 g/mol. The summed E-state index contributed by atoms with van der Waals surface area (Å²) in [5.41, 5.74) is 5.77. The van der Waals surface area contributed by atoms with Crippen LogP contribution in [0.4, 0.5) is 0 Å². The molecular weight excluding hydrogens is 320 g/mol. The predicted molar refractivity (Wildman–Crippen MR) is 85.3 cm³/mol. The monoisotopic (exact) mass is 334 g/mol. The van der Waals surface area contributed by atoms with Crippen molar-refractivity contribution in [3.63, 3.8) is 0 Å². The summed E-state index contributed by atoms with van der Waals surface area (Å²) in [6.07, 6.45) is 4.79. The van der Waals surface area contributed by atoms with Crippen molar-refractivity contribution in [2.24, 2.45) is 0 Å². The van der Waals surface area contributed by atoms with Crippen molar-refractivity contribution < 1.29 is 0 Å². The minimum atomic E-state index is 0.375. The Kier molecular flexibility index (Phi) is 3.95. The van der Waals surface area contributed by atoms with Crippen molar-refractivity contribution in [2.75, 3.05) is 0 Å². The molecule has 1 unspecified atom stereocenters. The van der Waals surface area contributed by atoms with Gasteiger partial charge in [0, 0.05) is 9.85 Å². The molecule has 0 fully saturated rings. The summed E-state index contributed by atoms with van der Waals surface area (Å²) in [6.45, 7) is 0. The van der Waals surface area contributed by atoms with Gasteiger partial charge in [-0.1, -0.05) is 57.9 Å². The smallest absolute Gasteiger partial charge is 0.0435 e. The fraction of sp³-hybridized carbons (Fsp3) is 0.294. The van der Waals surface area contributed by atoms with Crippen LogP contribution in [-0.4, -0.2) is 0 Å². The van der Waals surface area contributed by atoms with Crippen LogP contribution in [0.2, 0.25) is 5.02 Å². The maximum absolute atomic E-state index is 5.92. The Balaban J connectivity index is 1.76. The minimum Gasteiger partial charge on any atom is -0.0843 e. The molecule has 0 amide bonds. The van der Waals surface area contributed by atoms with Crippen LogP contribution >= 0.6 is 27.5 Å². The summed E-state index contributed by atoms with van der Waals surface area (Å²) in [5, 5.41) is 0.799. The maximum atomic E-state index is 5.92. The molecule has 0 nitrogen and oxygen atoms in total. The number of halogens is 2. The van der Waals surface area contributed by atoms with Crippen LogP contribution < -0.4 is 0 Å². The lowest BCUT2D eigenvalue weighted by molar-refractivity contribution is 0.910. The molecular formula is C17H16BrCl. The summed E-state index contributed by atoms with van der Waals surface area (Å²) >= 11 is 9.73. The van der Waals surface area contributed by atoms with Crippen LogP contribution in [-0.2, 0) is 19.3 Å². The number of aryl methyl sites for hydroxylation is 2. The van der Waals surface area contributed by atoms with Gasteiger partial charge in [-0.15, -0.1) is 0 Å². The first-order valence-corrected chi connectivity index (χ1v) is 8.02. The first kappa shape index (κ1) is 13.2. The predicted octanol–water partition coefficient (Wildman–Crippen LogP) is 5.51. The Morgan fingerprint density at radius 1 is 1.00 bits per heavy atom. The molecule has 0 saturated carbocycles. The Hall–Kier alpha value is -0.790. The molecule has 1 aliphatic carbocycles. The second kappa shape index (κ2) is 5.68. The second-order valence-corrected chi connectivity index (χ2v) is 6.72. The normalized spacial score (nSPS) is 15.3. The molecule has 0 aromatic heterocycles. The molecule has 1 aliphatic rings. The third-order valence-electron chi connectivity index (χ3n) is 3.81. The zero-order chi connectivity index (χ0) is 13.2. The van der Waals surface area contributed by atoms with Crippen molar-refractivity contribution in [1.82, 2.24) is 0 Å². The molecule has 3 rings (SSSR count). The van der Waals surface area contributed by atoms with Gasteiger partial charge in [-0.25, -0.2) is 0 Å². The molecule has 0 saturated heterocycles. The van der Waals surface area contributed by atoms with Gasteiger partial charge in [0.15, 0.2) is 0 Å². The second-order valence-electron chi connectivity index (χ2n) is 5.18. The van der Waals surface area contributed by atoms with Crippen molar-refractivity contribution in [3.05, 3.63) is 69.7 Å². The molecule has 0 radical (unpaired) electrons. The molecule has 0 aliphatic heterocycles. The summed E-state index contributed by atoms with van der Waals surface area (Å²) < 4.78 is 0. The van der Waals surface area contributed by atoms with Gasteiger partial charge in [0.1, 0.15) is 0 Å². The van der Waals surface area contributed by atoms with E-state index in [1.807, 2.05) is 12.1 Å². The van der Waals surface area contributed by atoms with Crippen LogP contribution in [0.1, 0.15) is 33.5 Å². The van der Waals surface area contributed by atoms with Crippen molar-refractivity contribution in [3.8, 4) is 0 Å². The number of rotatable bonds is 3. The lowest BCUT2D eigenvalue weighted by Gasteiger charge is -2.12. The zero-order valence-electron chi connectivity index (χ0n) is 10.7. The first-order valence-electron chi connectivity index (χ1n) is 6.72. The molecule has 1 atom stereocenters. The molecule has 98 valence electrons. The minimum absolute atomic E-state index is 0.375. The van der Waals surface area contributed by atoms with E-state index in [1.54, 1.807) is 0 Å². The molecule has 0 heterocycles. The van der Waals surface area contributed by atoms with E-state index in [1.165, 1.54) is 41.5 Å². The number of fused-ring (bicyclic) bond motifs is 1. The molecule has 0 bridgehead atoms. The third kappa shape index (κ3) is 3.04. The molecule has 2 aromatic carbocycles. The van der Waals surface area contributed by atoms with E-state index in [4.69, 9.17) is 11.6 Å². The number of hydrogen-bond acceptors (Lipinski definition) is 0. The Bertz CT molecular complexity index is 574. The van der Waals surface area contributed by atoms with Crippen LogP contribution in [0.25, 0.3) is 0 Å². The van der Waals surface area contributed by atoms with Crippen LogP contribution in [0.15, 0.2) is 42.5 Å². The quantitative estimate of drug-likeness (QED) is 0.649. The van der Waals surface area contributed by atoms with Crippen molar-refractivity contribution in [1.29, 1.82) is 0 Å². The molecule has 19 heavy (non-hydrogen) atoms. The van der Waals surface area contributed by atoms with E-state index in [9.17, 15) is 0 Å². The number of hydrogen-bond donors (Lipinski definition) is 0. The summed E-state index contributed by atoms with van der Waals surface area (Å²) in [7, 11) is 0. The fourth-order valence-corrected chi connectivity index (χ4v) is 3.52. The topological polar surface area (TPSA) is 0 Å². The molecule has 2 aromatic rings. The largest absolute Gasteiger partial charge is 0.0843 e. The van der Waals surface area contributed by atoms with Gasteiger partial charge in [0.05, 0.1) is 0 Å². The summed E-state index contributed by atoms with van der Waals surface area (Å²) in [5.74, 6) is 0. The van der Waals surface area contributed by atoms with E-state index in [-0.39, 0.29) is 0 Å². The summed E-state index contributed by atoms with van der Waals surface area (Å²) in [4.78, 5) is 0.375. The van der Waals surface area contributed by atoms with Gasteiger partial charge in [0.2, 0.25) is 0 Å². The van der Waals surface area contributed by atoms with E-state index < -0.39 is 0 Å². The number of alkyl halides is 1. The van der Waals surface area contributed by atoms with Crippen LogP contribution in [0, 0.1) is 0 Å². The Morgan fingerprint density at radius 3 is 2.53 bits per heavy atom. The van der Waals surface area contributed by atoms with Crippen molar-refractivity contribution >= 4 is 27.5 Å².